The Labute approximate surface area is 86.5 Å². The summed E-state index contributed by atoms with van der Waals surface area (Å²) >= 11 is 0. The number of nitrogens with zero attached hydrogens (tertiary/aromatic N) is 1. The van der Waals surface area contributed by atoms with Gasteiger partial charge in [0.1, 0.15) is 17.3 Å². The molecule has 1 unspecified atom stereocenters. The van der Waals surface area contributed by atoms with Crippen LogP contribution in [-0.4, -0.2) is 16.1 Å². The van der Waals surface area contributed by atoms with Gasteiger partial charge in [-0.2, -0.15) is 0 Å². The van der Waals surface area contributed by atoms with Crippen LogP contribution in [0.1, 0.15) is 25.0 Å². The fourth-order valence-electron chi connectivity index (χ4n) is 1.57. The van der Waals surface area contributed by atoms with Crippen molar-refractivity contribution >= 4 is 16.9 Å². The first-order valence-electron chi connectivity index (χ1n) is 4.78. The minimum atomic E-state index is -0.857. The number of aromatic nitrogens is 1. The quantitative estimate of drug-likeness (QED) is 0.835. The maximum atomic E-state index is 10.9. The molecule has 2 aromatic rings. The second-order valence-corrected chi connectivity index (χ2v) is 3.36. The number of rotatable bonds is 3. The standard InChI is InChI=1S/C11H11NO3/c1-2-8(11(13)14)10-5-7-6-12-4-3-9(7)15-10/h3-6,8H,2H2,1H3,(H,13,14). The zero-order valence-corrected chi connectivity index (χ0v) is 8.30. The number of carboxylic acid groups (broad SMARTS) is 1. The van der Waals surface area contributed by atoms with Gasteiger partial charge in [0.05, 0.1) is 0 Å². The normalized spacial score (nSPS) is 12.9. The maximum absolute atomic E-state index is 10.9. The predicted octanol–water partition coefficient (Wildman–Crippen LogP) is 2.41. The minimum Gasteiger partial charge on any atom is -0.481 e. The lowest BCUT2D eigenvalue weighted by Gasteiger charge is -2.04. The van der Waals surface area contributed by atoms with Crippen LogP contribution in [0.3, 0.4) is 0 Å². The van der Waals surface area contributed by atoms with Gasteiger partial charge in [0.15, 0.2) is 0 Å². The molecule has 0 aliphatic heterocycles. The molecule has 0 saturated heterocycles. The molecular weight excluding hydrogens is 194 g/mol. The summed E-state index contributed by atoms with van der Waals surface area (Å²) in [7, 11) is 0. The first kappa shape index (κ1) is 9.71. The second kappa shape index (κ2) is 3.73. The highest BCUT2D eigenvalue weighted by Crippen LogP contribution is 2.26. The van der Waals surface area contributed by atoms with E-state index in [1.54, 1.807) is 24.5 Å². The van der Waals surface area contributed by atoms with Gasteiger partial charge in [-0.15, -0.1) is 0 Å². The molecule has 0 fully saturated rings. The zero-order valence-electron chi connectivity index (χ0n) is 8.30. The third-order valence-electron chi connectivity index (χ3n) is 2.39. The van der Waals surface area contributed by atoms with E-state index >= 15 is 0 Å². The second-order valence-electron chi connectivity index (χ2n) is 3.36. The van der Waals surface area contributed by atoms with Crippen LogP contribution in [0, 0.1) is 0 Å². The fourth-order valence-corrected chi connectivity index (χ4v) is 1.57. The van der Waals surface area contributed by atoms with Crippen molar-refractivity contribution in [1.82, 2.24) is 4.98 Å². The number of fused-ring (bicyclic) bond motifs is 1. The Kier molecular flexibility index (Phi) is 2.41. The summed E-state index contributed by atoms with van der Waals surface area (Å²) in [5.74, 6) is -0.935. The van der Waals surface area contributed by atoms with Crippen molar-refractivity contribution in [3.8, 4) is 0 Å². The monoisotopic (exact) mass is 205 g/mol. The minimum absolute atomic E-state index is 0.494. The highest BCUT2D eigenvalue weighted by molar-refractivity contribution is 5.81. The smallest absolute Gasteiger partial charge is 0.314 e. The lowest BCUT2D eigenvalue weighted by Crippen LogP contribution is -2.09. The van der Waals surface area contributed by atoms with Crippen molar-refractivity contribution in [1.29, 1.82) is 0 Å². The maximum Gasteiger partial charge on any atom is 0.314 e. The van der Waals surface area contributed by atoms with Gasteiger partial charge in [0.25, 0.3) is 0 Å². The Morgan fingerprint density at radius 2 is 2.47 bits per heavy atom. The molecule has 0 aliphatic rings. The Balaban J connectivity index is 2.47. The number of hydrogen-bond acceptors (Lipinski definition) is 3. The van der Waals surface area contributed by atoms with Crippen LogP contribution in [0.4, 0.5) is 0 Å². The van der Waals surface area contributed by atoms with Crippen LogP contribution >= 0.6 is 0 Å². The van der Waals surface area contributed by atoms with Crippen molar-refractivity contribution in [2.45, 2.75) is 19.3 Å². The molecule has 4 nitrogen and oxygen atoms in total. The Morgan fingerprint density at radius 3 is 3.07 bits per heavy atom. The molecule has 0 bridgehead atoms. The summed E-state index contributed by atoms with van der Waals surface area (Å²) in [6.45, 7) is 1.82. The largest absolute Gasteiger partial charge is 0.481 e. The van der Waals surface area contributed by atoms with Crippen molar-refractivity contribution in [2.24, 2.45) is 0 Å². The van der Waals surface area contributed by atoms with Crippen molar-refractivity contribution in [3.63, 3.8) is 0 Å². The third kappa shape index (κ3) is 1.70. The average Bonchev–Trinajstić information content (AvgIpc) is 2.61. The molecule has 78 valence electrons. The molecule has 2 aromatic heterocycles. The molecule has 1 atom stereocenters. The highest BCUT2D eigenvalue weighted by atomic mass is 16.4. The Morgan fingerprint density at radius 1 is 1.67 bits per heavy atom. The molecule has 0 aromatic carbocycles. The van der Waals surface area contributed by atoms with Gasteiger partial charge in [-0.3, -0.25) is 9.78 Å². The first-order valence-corrected chi connectivity index (χ1v) is 4.78. The molecule has 2 rings (SSSR count). The van der Waals surface area contributed by atoms with E-state index < -0.39 is 11.9 Å². The molecule has 0 spiro atoms. The third-order valence-corrected chi connectivity index (χ3v) is 2.39. The number of hydrogen-bond donors (Lipinski definition) is 1. The molecule has 4 heteroatoms. The van der Waals surface area contributed by atoms with Crippen molar-refractivity contribution < 1.29 is 14.3 Å². The summed E-state index contributed by atoms with van der Waals surface area (Å²) in [6, 6.07) is 3.47. The lowest BCUT2D eigenvalue weighted by molar-refractivity contribution is -0.139. The molecule has 0 radical (unpaired) electrons. The molecule has 0 aliphatic carbocycles. The van der Waals surface area contributed by atoms with E-state index in [0.717, 1.165) is 5.39 Å². The first-order chi connectivity index (χ1) is 7.22. The number of furan rings is 1. The molecule has 0 amide bonds. The predicted molar refractivity (Wildman–Crippen MR) is 54.7 cm³/mol. The van der Waals surface area contributed by atoms with Crippen LogP contribution in [0.5, 0.6) is 0 Å². The van der Waals surface area contributed by atoms with Gasteiger partial charge in [-0.05, 0) is 18.6 Å². The molecule has 15 heavy (non-hydrogen) atoms. The van der Waals surface area contributed by atoms with Gasteiger partial charge in [0, 0.05) is 17.8 Å². The SMILES string of the molecule is CCC(C(=O)O)c1cc2cnccc2o1. The summed E-state index contributed by atoms with van der Waals surface area (Å²) in [5.41, 5.74) is 0.680. The van der Waals surface area contributed by atoms with E-state index in [9.17, 15) is 4.79 Å². The van der Waals surface area contributed by atoms with E-state index in [4.69, 9.17) is 9.52 Å². The van der Waals surface area contributed by atoms with Gasteiger partial charge < -0.3 is 9.52 Å². The van der Waals surface area contributed by atoms with Crippen LogP contribution in [0.15, 0.2) is 28.9 Å². The number of carboxylic acids is 1. The number of pyridine rings is 1. The van der Waals surface area contributed by atoms with Gasteiger partial charge in [0.2, 0.25) is 0 Å². The Hall–Kier alpha value is -1.84. The summed E-state index contributed by atoms with van der Waals surface area (Å²) in [4.78, 5) is 14.9. The van der Waals surface area contributed by atoms with Crippen LogP contribution < -0.4 is 0 Å². The van der Waals surface area contributed by atoms with Crippen LogP contribution in [0.2, 0.25) is 0 Å². The topological polar surface area (TPSA) is 63.3 Å². The Bertz CT molecular complexity index is 456. The van der Waals surface area contributed by atoms with Gasteiger partial charge in [-0.25, -0.2) is 0 Å². The van der Waals surface area contributed by atoms with E-state index in [-0.39, 0.29) is 0 Å². The van der Waals surface area contributed by atoms with Crippen molar-refractivity contribution in [3.05, 3.63) is 30.3 Å². The van der Waals surface area contributed by atoms with E-state index in [1.807, 2.05) is 6.92 Å². The van der Waals surface area contributed by atoms with Gasteiger partial charge in [-0.1, -0.05) is 6.92 Å². The molecule has 1 N–H and O–H groups in total. The lowest BCUT2D eigenvalue weighted by atomic mass is 10.0. The number of aliphatic carboxylic acids is 1. The summed E-state index contributed by atoms with van der Waals surface area (Å²) < 4.78 is 5.46. The van der Waals surface area contributed by atoms with Crippen LogP contribution in [-0.2, 0) is 4.79 Å². The summed E-state index contributed by atoms with van der Waals surface area (Å²) in [5, 5.41) is 9.82. The molecular formula is C11H11NO3. The molecule has 2 heterocycles. The highest BCUT2D eigenvalue weighted by Gasteiger charge is 2.21. The zero-order chi connectivity index (χ0) is 10.8. The van der Waals surface area contributed by atoms with Gasteiger partial charge >= 0.3 is 5.97 Å². The van der Waals surface area contributed by atoms with Crippen LogP contribution in [0.25, 0.3) is 11.0 Å². The van der Waals surface area contributed by atoms with Crippen molar-refractivity contribution in [2.75, 3.05) is 0 Å². The van der Waals surface area contributed by atoms with E-state index in [1.165, 1.54) is 0 Å². The number of carbonyl (C=O) groups is 1. The van der Waals surface area contributed by atoms with E-state index in [0.29, 0.717) is 17.8 Å². The van der Waals surface area contributed by atoms with E-state index in [2.05, 4.69) is 4.98 Å². The fraction of sp³-hybridized carbons (Fsp3) is 0.273. The molecule has 0 saturated carbocycles. The summed E-state index contributed by atoms with van der Waals surface area (Å²) in [6.07, 6.45) is 3.80. The average molecular weight is 205 g/mol.